The first-order valence-corrected chi connectivity index (χ1v) is 4.56. The van der Waals surface area contributed by atoms with Crippen LogP contribution in [-0.2, 0) is 4.79 Å². The largest absolute Gasteiger partial charge is 0.478 e. The van der Waals surface area contributed by atoms with E-state index in [0.717, 1.165) is 10.0 Å². The standard InChI is InChI=1S/C10H9BrO2/c1-7(10(12)13)6-8-2-4-9(11)5-3-8/h2-6H,1H3,(H,12,13)/b7-6+. The van der Waals surface area contributed by atoms with Gasteiger partial charge in [0.25, 0.3) is 0 Å². The number of hydrogen-bond donors (Lipinski definition) is 1. The quantitative estimate of drug-likeness (QED) is 0.808. The minimum Gasteiger partial charge on any atom is -0.478 e. The molecule has 13 heavy (non-hydrogen) atoms. The molecule has 0 aliphatic heterocycles. The lowest BCUT2D eigenvalue weighted by molar-refractivity contribution is -0.132. The average Bonchev–Trinajstić information content (AvgIpc) is 2.08. The van der Waals surface area contributed by atoms with Gasteiger partial charge in [0.2, 0.25) is 0 Å². The van der Waals surface area contributed by atoms with Gasteiger partial charge in [-0.2, -0.15) is 0 Å². The second-order valence-electron chi connectivity index (χ2n) is 2.68. The van der Waals surface area contributed by atoms with Crippen molar-refractivity contribution in [2.24, 2.45) is 0 Å². The Bertz CT molecular complexity index is 338. The van der Waals surface area contributed by atoms with Crippen LogP contribution in [0.3, 0.4) is 0 Å². The Morgan fingerprint density at radius 2 is 1.92 bits per heavy atom. The Hall–Kier alpha value is -1.09. The van der Waals surface area contributed by atoms with Gasteiger partial charge in [-0.15, -0.1) is 0 Å². The van der Waals surface area contributed by atoms with Crippen LogP contribution in [-0.4, -0.2) is 11.1 Å². The smallest absolute Gasteiger partial charge is 0.331 e. The number of halogens is 1. The first kappa shape index (κ1) is 9.99. The normalized spacial score (nSPS) is 11.4. The van der Waals surface area contributed by atoms with Crippen molar-refractivity contribution in [2.75, 3.05) is 0 Å². The molecular formula is C10H9BrO2. The van der Waals surface area contributed by atoms with Crippen molar-refractivity contribution in [1.29, 1.82) is 0 Å². The van der Waals surface area contributed by atoms with E-state index in [9.17, 15) is 4.79 Å². The van der Waals surface area contributed by atoms with E-state index in [2.05, 4.69) is 15.9 Å². The molecule has 1 N–H and O–H groups in total. The Labute approximate surface area is 85.0 Å². The van der Waals surface area contributed by atoms with Gasteiger partial charge in [-0.25, -0.2) is 4.79 Å². The van der Waals surface area contributed by atoms with Crippen LogP contribution in [0.4, 0.5) is 0 Å². The Balaban J connectivity index is 2.92. The molecule has 0 fully saturated rings. The molecule has 0 spiro atoms. The van der Waals surface area contributed by atoms with E-state index in [1.807, 2.05) is 24.3 Å². The zero-order valence-corrected chi connectivity index (χ0v) is 8.71. The molecule has 0 radical (unpaired) electrons. The van der Waals surface area contributed by atoms with Gasteiger partial charge in [-0.3, -0.25) is 0 Å². The number of carbonyl (C=O) groups is 1. The summed E-state index contributed by atoms with van der Waals surface area (Å²) in [7, 11) is 0. The molecule has 0 saturated carbocycles. The van der Waals surface area contributed by atoms with Crippen LogP contribution in [0.25, 0.3) is 6.08 Å². The number of benzene rings is 1. The number of carboxylic acids is 1. The third-order valence-corrected chi connectivity index (χ3v) is 2.12. The van der Waals surface area contributed by atoms with Crippen molar-refractivity contribution < 1.29 is 9.90 Å². The maximum absolute atomic E-state index is 10.5. The molecule has 1 rings (SSSR count). The van der Waals surface area contributed by atoms with E-state index in [-0.39, 0.29) is 0 Å². The van der Waals surface area contributed by atoms with Crippen LogP contribution in [0, 0.1) is 0 Å². The predicted molar refractivity (Wildman–Crippen MR) is 55.4 cm³/mol. The molecule has 0 unspecified atom stereocenters. The van der Waals surface area contributed by atoms with E-state index in [1.54, 1.807) is 13.0 Å². The summed E-state index contributed by atoms with van der Waals surface area (Å²) in [5.41, 5.74) is 1.23. The highest BCUT2D eigenvalue weighted by molar-refractivity contribution is 9.10. The maximum atomic E-state index is 10.5. The molecule has 0 bridgehead atoms. The molecule has 2 nitrogen and oxygen atoms in total. The van der Waals surface area contributed by atoms with Gasteiger partial charge >= 0.3 is 5.97 Å². The summed E-state index contributed by atoms with van der Waals surface area (Å²) in [6, 6.07) is 7.47. The third kappa shape index (κ3) is 3.03. The monoisotopic (exact) mass is 240 g/mol. The lowest BCUT2D eigenvalue weighted by Crippen LogP contribution is -1.95. The van der Waals surface area contributed by atoms with Crippen molar-refractivity contribution >= 4 is 28.0 Å². The van der Waals surface area contributed by atoms with Gasteiger partial charge in [-0.05, 0) is 30.7 Å². The van der Waals surface area contributed by atoms with Gasteiger partial charge in [-0.1, -0.05) is 28.1 Å². The summed E-state index contributed by atoms with van der Waals surface area (Å²) in [6.07, 6.45) is 1.63. The highest BCUT2D eigenvalue weighted by Gasteiger charge is 1.98. The number of hydrogen-bond acceptors (Lipinski definition) is 1. The van der Waals surface area contributed by atoms with Gasteiger partial charge < -0.3 is 5.11 Å². The van der Waals surface area contributed by atoms with Crippen molar-refractivity contribution in [2.45, 2.75) is 6.92 Å². The molecule has 0 aliphatic carbocycles. The molecule has 0 amide bonds. The van der Waals surface area contributed by atoms with Gasteiger partial charge in [0.1, 0.15) is 0 Å². The summed E-state index contributed by atoms with van der Waals surface area (Å²) in [6.45, 7) is 1.57. The van der Waals surface area contributed by atoms with Crippen LogP contribution < -0.4 is 0 Å². The Kier molecular flexibility index (Phi) is 3.25. The fourth-order valence-corrected chi connectivity index (χ4v) is 1.14. The fourth-order valence-electron chi connectivity index (χ4n) is 0.871. The first-order valence-electron chi connectivity index (χ1n) is 3.77. The van der Waals surface area contributed by atoms with Crippen molar-refractivity contribution in [3.8, 4) is 0 Å². The fraction of sp³-hybridized carbons (Fsp3) is 0.100. The lowest BCUT2D eigenvalue weighted by Gasteiger charge is -1.95. The molecule has 0 aliphatic rings. The summed E-state index contributed by atoms with van der Waals surface area (Å²) >= 11 is 3.30. The predicted octanol–water partition coefficient (Wildman–Crippen LogP) is 2.94. The second kappa shape index (κ2) is 4.23. The summed E-state index contributed by atoms with van der Waals surface area (Å²) < 4.78 is 0.984. The highest BCUT2D eigenvalue weighted by Crippen LogP contribution is 2.12. The first-order chi connectivity index (χ1) is 6.09. The molecule has 1 aromatic rings. The van der Waals surface area contributed by atoms with Crippen LogP contribution >= 0.6 is 15.9 Å². The van der Waals surface area contributed by atoms with Crippen LogP contribution in [0.1, 0.15) is 12.5 Å². The summed E-state index contributed by atoms with van der Waals surface area (Å²) in [5.74, 6) is -0.886. The molecule has 3 heteroatoms. The summed E-state index contributed by atoms with van der Waals surface area (Å²) in [5, 5.41) is 8.62. The molecule has 68 valence electrons. The average molecular weight is 241 g/mol. The molecule has 0 saturated heterocycles. The number of rotatable bonds is 2. The van der Waals surface area contributed by atoms with Gasteiger partial charge in [0, 0.05) is 10.0 Å². The van der Waals surface area contributed by atoms with Gasteiger partial charge in [0.05, 0.1) is 0 Å². The summed E-state index contributed by atoms with van der Waals surface area (Å²) in [4.78, 5) is 10.5. The topological polar surface area (TPSA) is 37.3 Å². The third-order valence-electron chi connectivity index (χ3n) is 1.59. The van der Waals surface area contributed by atoms with Gasteiger partial charge in [0.15, 0.2) is 0 Å². The maximum Gasteiger partial charge on any atom is 0.331 e. The molecule has 1 aromatic carbocycles. The molecular weight excluding hydrogens is 232 g/mol. The SMILES string of the molecule is C/C(=C\c1ccc(Br)cc1)C(=O)O. The van der Waals surface area contributed by atoms with E-state index >= 15 is 0 Å². The second-order valence-corrected chi connectivity index (χ2v) is 3.60. The van der Waals surface area contributed by atoms with Crippen LogP contribution in [0.15, 0.2) is 34.3 Å². The van der Waals surface area contributed by atoms with Crippen LogP contribution in [0.2, 0.25) is 0 Å². The Morgan fingerprint density at radius 1 is 1.38 bits per heavy atom. The molecule has 0 heterocycles. The van der Waals surface area contributed by atoms with E-state index < -0.39 is 5.97 Å². The van der Waals surface area contributed by atoms with E-state index in [0.29, 0.717) is 5.57 Å². The zero-order valence-electron chi connectivity index (χ0n) is 7.12. The number of carboxylic acid groups (broad SMARTS) is 1. The molecule has 0 atom stereocenters. The minimum absolute atomic E-state index is 0.335. The van der Waals surface area contributed by atoms with E-state index in [1.165, 1.54) is 0 Å². The minimum atomic E-state index is -0.886. The lowest BCUT2D eigenvalue weighted by atomic mass is 10.1. The van der Waals surface area contributed by atoms with E-state index in [4.69, 9.17) is 5.11 Å². The zero-order chi connectivity index (χ0) is 9.84. The van der Waals surface area contributed by atoms with Crippen molar-refractivity contribution in [3.63, 3.8) is 0 Å². The number of aliphatic carboxylic acids is 1. The van der Waals surface area contributed by atoms with Crippen molar-refractivity contribution in [1.82, 2.24) is 0 Å². The van der Waals surface area contributed by atoms with Crippen molar-refractivity contribution in [3.05, 3.63) is 39.9 Å². The highest BCUT2D eigenvalue weighted by atomic mass is 79.9. The Morgan fingerprint density at radius 3 is 2.38 bits per heavy atom. The van der Waals surface area contributed by atoms with Crippen LogP contribution in [0.5, 0.6) is 0 Å². The molecule has 0 aromatic heterocycles.